The second-order valence-corrected chi connectivity index (χ2v) is 7.38. The number of nitrogens with one attached hydrogen (secondary N) is 2. The molecular weight excluding hydrogens is 366 g/mol. The van der Waals surface area contributed by atoms with Crippen LogP contribution >= 0.6 is 11.6 Å². The molecule has 2 saturated heterocycles. The predicted octanol–water partition coefficient (Wildman–Crippen LogP) is 3.16. The van der Waals surface area contributed by atoms with Crippen LogP contribution in [-0.2, 0) is 9.53 Å². The lowest BCUT2D eigenvalue weighted by Gasteiger charge is -2.33. The molecule has 1 aromatic carbocycles. The molecule has 4 atom stereocenters. The third-order valence-corrected chi connectivity index (χ3v) is 5.38. The van der Waals surface area contributed by atoms with E-state index in [-0.39, 0.29) is 30.4 Å². The quantitative estimate of drug-likeness (QED) is 0.764. The topological polar surface area (TPSA) is 67.4 Å². The fourth-order valence-electron chi connectivity index (χ4n) is 3.50. The third-order valence-electron chi connectivity index (χ3n) is 5.03. The zero-order valence-electron chi connectivity index (χ0n) is 14.4. The summed E-state index contributed by atoms with van der Waals surface area (Å²) >= 11 is 5.73. The lowest BCUT2D eigenvalue weighted by atomic mass is 9.82. The maximum atomic E-state index is 14.6. The van der Waals surface area contributed by atoms with Crippen LogP contribution < -0.4 is 10.6 Å². The van der Waals surface area contributed by atoms with Crippen molar-refractivity contribution in [1.29, 1.82) is 0 Å². The molecule has 0 bridgehead atoms. The van der Waals surface area contributed by atoms with Gasteiger partial charge in [0.15, 0.2) is 5.78 Å². The summed E-state index contributed by atoms with van der Waals surface area (Å²) in [5.41, 5.74) is 0.168. The van der Waals surface area contributed by atoms with Crippen molar-refractivity contribution in [2.75, 3.05) is 13.2 Å². The van der Waals surface area contributed by atoms with E-state index in [1.165, 1.54) is 6.07 Å². The molecule has 0 radical (unpaired) electrons. The van der Waals surface area contributed by atoms with Crippen LogP contribution in [0.3, 0.4) is 0 Å². The Morgan fingerprint density at radius 2 is 2.15 bits per heavy atom. The Kier molecular flexibility index (Phi) is 5.77. The Labute approximate surface area is 155 Å². The highest BCUT2D eigenvalue weighted by Gasteiger charge is 2.35. The fourth-order valence-corrected chi connectivity index (χ4v) is 3.67. The van der Waals surface area contributed by atoms with Crippen molar-refractivity contribution in [1.82, 2.24) is 10.6 Å². The molecule has 26 heavy (non-hydrogen) atoms. The number of hydrogen-bond donors (Lipinski definition) is 2. The molecular formula is C18H21ClF2N2O3. The van der Waals surface area contributed by atoms with E-state index in [1.54, 1.807) is 0 Å². The van der Waals surface area contributed by atoms with Gasteiger partial charge >= 0.3 is 6.03 Å². The summed E-state index contributed by atoms with van der Waals surface area (Å²) in [4.78, 5) is 23.9. The van der Waals surface area contributed by atoms with E-state index >= 15 is 0 Å². The van der Waals surface area contributed by atoms with Crippen LogP contribution in [0.5, 0.6) is 0 Å². The number of amides is 2. The first-order chi connectivity index (χ1) is 12.4. The molecule has 2 N–H and O–H groups in total. The lowest BCUT2D eigenvalue weighted by Crippen LogP contribution is -2.38. The van der Waals surface area contributed by atoms with E-state index in [1.807, 2.05) is 0 Å². The van der Waals surface area contributed by atoms with Crippen LogP contribution in [0.2, 0.25) is 5.02 Å². The molecule has 0 spiro atoms. The number of halogens is 3. The Bertz CT molecular complexity index is 708. The van der Waals surface area contributed by atoms with Crippen molar-refractivity contribution in [2.24, 2.45) is 5.92 Å². The van der Waals surface area contributed by atoms with Crippen LogP contribution in [0.25, 0.3) is 0 Å². The Morgan fingerprint density at radius 3 is 2.77 bits per heavy atom. The number of rotatable bonds is 5. The summed E-state index contributed by atoms with van der Waals surface area (Å²) in [6.07, 6.45) is 1.18. The van der Waals surface area contributed by atoms with E-state index in [0.717, 1.165) is 12.5 Å². The Morgan fingerprint density at radius 1 is 1.38 bits per heavy atom. The number of carbonyl (C=O) groups excluding carboxylic acids is 2. The summed E-state index contributed by atoms with van der Waals surface area (Å²) in [6.45, 7) is 2.78. The summed E-state index contributed by atoms with van der Waals surface area (Å²) < 4.78 is 34.0. The van der Waals surface area contributed by atoms with E-state index in [2.05, 4.69) is 17.6 Å². The summed E-state index contributed by atoms with van der Waals surface area (Å²) in [5.74, 6) is -2.13. The SMILES string of the molecule is C[C@@H]1CC[C@@H](C(CC(=O)[C@@H]2CNC(=O)N2)c2ccc(F)c(Cl)c2F)OC1. The minimum atomic E-state index is -0.861. The standard InChI is InChI=1S/C18H21ClF2N2O3/c1-9-2-5-15(26-8-9)11(6-14(24)13-7-22-18(25)23-13)10-3-4-12(20)16(19)17(10)21/h3-4,9,11,13,15H,2,5-8H2,1H3,(H2,22,23,25)/t9-,11?,13+,15+/m1/s1. The Balaban J connectivity index is 1.86. The molecule has 2 fully saturated rings. The van der Waals surface area contributed by atoms with Crippen molar-refractivity contribution in [3.05, 3.63) is 34.4 Å². The summed E-state index contributed by atoms with van der Waals surface area (Å²) in [7, 11) is 0. The Hall–Kier alpha value is -1.73. The number of Topliss-reactive ketones (excluding diaryl/α,β-unsaturated/α-hetero) is 1. The molecule has 5 nitrogen and oxygen atoms in total. The normalized spacial score (nSPS) is 26.9. The van der Waals surface area contributed by atoms with Gasteiger partial charge in [0, 0.05) is 25.5 Å². The fraction of sp³-hybridized carbons (Fsp3) is 0.556. The first-order valence-electron chi connectivity index (χ1n) is 8.69. The predicted molar refractivity (Wildman–Crippen MR) is 92.2 cm³/mol. The molecule has 1 aromatic rings. The van der Waals surface area contributed by atoms with Gasteiger partial charge in [0.05, 0.1) is 6.10 Å². The average Bonchev–Trinajstić information content (AvgIpc) is 3.06. The highest BCUT2D eigenvalue weighted by atomic mass is 35.5. The molecule has 2 amide bonds. The monoisotopic (exact) mass is 386 g/mol. The highest BCUT2D eigenvalue weighted by Crippen LogP contribution is 2.36. The average molecular weight is 387 g/mol. The maximum absolute atomic E-state index is 14.6. The maximum Gasteiger partial charge on any atom is 0.315 e. The second kappa shape index (κ2) is 7.88. The van der Waals surface area contributed by atoms with E-state index in [4.69, 9.17) is 16.3 Å². The van der Waals surface area contributed by atoms with Gasteiger partial charge in [0.1, 0.15) is 22.7 Å². The van der Waals surface area contributed by atoms with E-state index < -0.39 is 34.6 Å². The number of hydrogen-bond acceptors (Lipinski definition) is 3. The van der Waals surface area contributed by atoms with E-state index in [9.17, 15) is 18.4 Å². The van der Waals surface area contributed by atoms with Crippen LogP contribution in [0.1, 0.15) is 37.7 Å². The third kappa shape index (κ3) is 3.99. The molecule has 8 heteroatoms. The number of carbonyl (C=O) groups is 2. The zero-order valence-corrected chi connectivity index (χ0v) is 15.1. The van der Waals surface area contributed by atoms with Crippen LogP contribution in [0.4, 0.5) is 13.6 Å². The van der Waals surface area contributed by atoms with Crippen LogP contribution in [0.15, 0.2) is 12.1 Å². The van der Waals surface area contributed by atoms with Crippen molar-refractivity contribution >= 4 is 23.4 Å². The number of ketones is 1. The lowest BCUT2D eigenvalue weighted by molar-refractivity contribution is -0.122. The number of benzene rings is 1. The molecule has 2 aliphatic heterocycles. The van der Waals surface area contributed by atoms with Gasteiger partial charge < -0.3 is 15.4 Å². The minimum Gasteiger partial charge on any atom is -0.377 e. The van der Waals surface area contributed by atoms with Gasteiger partial charge in [-0.25, -0.2) is 13.6 Å². The molecule has 3 rings (SSSR count). The summed E-state index contributed by atoms with van der Waals surface area (Å²) in [5, 5.41) is 4.48. The van der Waals surface area contributed by atoms with Crippen LogP contribution in [0, 0.1) is 17.6 Å². The largest absolute Gasteiger partial charge is 0.377 e. The highest BCUT2D eigenvalue weighted by molar-refractivity contribution is 6.31. The smallest absolute Gasteiger partial charge is 0.315 e. The van der Waals surface area contributed by atoms with E-state index in [0.29, 0.717) is 18.9 Å². The first kappa shape index (κ1) is 19.0. The van der Waals surface area contributed by atoms with Gasteiger partial charge in [-0.15, -0.1) is 0 Å². The zero-order chi connectivity index (χ0) is 18.8. The second-order valence-electron chi connectivity index (χ2n) is 7.00. The first-order valence-corrected chi connectivity index (χ1v) is 9.06. The van der Waals surface area contributed by atoms with Gasteiger partial charge in [-0.1, -0.05) is 24.6 Å². The molecule has 0 aromatic heterocycles. The van der Waals surface area contributed by atoms with Gasteiger partial charge in [0.2, 0.25) is 0 Å². The van der Waals surface area contributed by atoms with Gasteiger partial charge in [-0.05, 0) is 30.4 Å². The van der Waals surface area contributed by atoms with Gasteiger partial charge in [0.25, 0.3) is 0 Å². The van der Waals surface area contributed by atoms with Gasteiger partial charge in [-0.3, -0.25) is 4.79 Å². The molecule has 2 heterocycles. The van der Waals surface area contributed by atoms with Crippen molar-refractivity contribution in [2.45, 2.75) is 44.2 Å². The van der Waals surface area contributed by atoms with Crippen molar-refractivity contribution < 1.29 is 23.1 Å². The minimum absolute atomic E-state index is 0.0233. The number of urea groups is 1. The van der Waals surface area contributed by atoms with Gasteiger partial charge in [-0.2, -0.15) is 0 Å². The van der Waals surface area contributed by atoms with Crippen LogP contribution in [-0.4, -0.2) is 37.1 Å². The molecule has 142 valence electrons. The number of ether oxygens (including phenoxy) is 1. The molecule has 0 aliphatic carbocycles. The molecule has 0 saturated carbocycles. The van der Waals surface area contributed by atoms with Crippen molar-refractivity contribution in [3.63, 3.8) is 0 Å². The summed E-state index contributed by atoms with van der Waals surface area (Å²) in [6, 6.07) is 1.36. The molecule has 2 aliphatic rings. The van der Waals surface area contributed by atoms with Crippen molar-refractivity contribution in [3.8, 4) is 0 Å². The molecule has 1 unspecified atom stereocenters.